The fourth-order valence-corrected chi connectivity index (χ4v) is 4.21. The highest BCUT2D eigenvalue weighted by atomic mass is 32.2. The maximum atomic E-state index is 12.7. The Hall–Kier alpha value is -1.51. The highest BCUT2D eigenvalue weighted by Crippen LogP contribution is 2.29. The molecule has 0 amide bonds. The van der Waals surface area contributed by atoms with E-state index in [1.807, 2.05) is 6.92 Å². The molecule has 1 fully saturated rings. The zero-order chi connectivity index (χ0) is 15.2. The molecule has 0 bridgehead atoms. The monoisotopic (exact) mass is 311 g/mol. The number of aliphatic hydroxyl groups is 1. The van der Waals surface area contributed by atoms with E-state index in [1.165, 1.54) is 10.5 Å². The first-order valence-electron chi connectivity index (χ1n) is 6.76. The number of pyridine rings is 1. The van der Waals surface area contributed by atoms with Crippen LogP contribution in [-0.2, 0) is 10.0 Å². The topological polar surface area (TPSA) is 96.5 Å². The van der Waals surface area contributed by atoms with Crippen molar-refractivity contribution in [2.24, 2.45) is 11.8 Å². The Bertz CT molecular complexity index is 771. The van der Waals surface area contributed by atoms with Crippen LogP contribution < -0.4 is 0 Å². The van der Waals surface area contributed by atoms with Crippen molar-refractivity contribution in [3.8, 4) is 0 Å². The van der Waals surface area contributed by atoms with E-state index in [-0.39, 0.29) is 23.3 Å². The van der Waals surface area contributed by atoms with Gasteiger partial charge in [0.2, 0.25) is 10.0 Å². The molecule has 2 aromatic heterocycles. The van der Waals surface area contributed by atoms with Crippen molar-refractivity contribution in [1.82, 2.24) is 14.4 Å². The molecule has 1 aliphatic rings. The number of hydrogen-bond acceptors (Lipinski definition) is 6. The summed E-state index contributed by atoms with van der Waals surface area (Å²) < 4.78 is 31.7. The standard InChI is InChI=1S/C13H17N3O4S/c1-8-5-16(6-10(8)7-17)21(18,19)11-3-12-9(2)15-20-13(12)14-4-11/h3-4,8,10,17H,5-7H2,1-2H3/t8-,10+/m1/s1. The maximum absolute atomic E-state index is 12.7. The minimum atomic E-state index is -3.61. The fourth-order valence-electron chi connectivity index (χ4n) is 2.64. The molecular formula is C13H17N3O4S. The van der Waals surface area contributed by atoms with Crippen LogP contribution in [-0.4, -0.2) is 47.7 Å². The first-order valence-corrected chi connectivity index (χ1v) is 8.20. The summed E-state index contributed by atoms with van der Waals surface area (Å²) in [7, 11) is -3.61. The lowest BCUT2D eigenvalue weighted by atomic mass is 10.00. The van der Waals surface area contributed by atoms with Crippen molar-refractivity contribution in [1.29, 1.82) is 0 Å². The van der Waals surface area contributed by atoms with Crippen LogP contribution in [0.25, 0.3) is 11.1 Å². The fraction of sp³-hybridized carbons (Fsp3) is 0.538. The van der Waals surface area contributed by atoms with Gasteiger partial charge in [-0.05, 0) is 24.8 Å². The molecule has 0 unspecified atom stereocenters. The zero-order valence-corrected chi connectivity index (χ0v) is 12.7. The molecule has 3 rings (SSSR count). The normalized spacial score (nSPS) is 24.0. The van der Waals surface area contributed by atoms with Crippen LogP contribution in [0.1, 0.15) is 12.6 Å². The van der Waals surface area contributed by atoms with Crippen LogP contribution in [0.3, 0.4) is 0 Å². The number of aromatic nitrogens is 2. The van der Waals surface area contributed by atoms with Crippen LogP contribution >= 0.6 is 0 Å². The predicted octanol–water partition coefficient (Wildman–Crippen LogP) is 0.780. The van der Waals surface area contributed by atoms with Crippen LogP contribution in [0.2, 0.25) is 0 Å². The number of aryl methyl sites for hydroxylation is 1. The second-order valence-corrected chi connectivity index (χ2v) is 7.47. The number of nitrogens with zero attached hydrogens (tertiary/aromatic N) is 3. The molecule has 1 N–H and O–H groups in total. The molecule has 21 heavy (non-hydrogen) atoms. The molecule has 2 aromatic rings. The summed E-state index contributed by atoms with van der Waals surface area (Å²) in [5, 5.41) is 13.7. The second kappa shape index (κ2) is 5.04. The van der Waals surface area contributed by atoms with Crippen molar-refractivity contribution in [3.05, 3.63) is 18.0 Å². The average molecular weight is 311 g/mol. The smallest absolute Gasteiger partial charge is 0.257 e. The highest BCUT2D eigenvalue weighted by Gasteiger charge is 2.37. The van der Waals surface area contributed by atoms with E-state index in [9.17, 15) is 13.5 Å². The largest absolute Gasteiger partial charge is 0.396 e. The van der Waals surface area contributed by atoms with Gasteiger partial charge >= 0.3 is 0 Å². The van der Waals surface area contributed by atoms with Gasteiger partial charge in [0.05, 0.1) is 17.3 Å². The zero-order valence-electron chi connectivity index (χ0n) is 11.9. The van der Waals surface area contributed by atoms with Gasteiger partial charge in [0.15, 0.2) is 0 Å². The van der Waals surface area contributed by atoms with E-state index < -0.39 is 10.0 Å². The van der Waals surface area contributed by atoms with Crippen molar-refractivity contribution in [2.45, 2.75) is 18.7 Å². The third-order valence-electron chi connectivity index (χ3n) is 4.09. The number of hydrogen-bond donors (Lipinski definition) is 1. The van der Waals surface area contributed by atoms with E-state index in [0.29, 0.717) is 29.9 Å². The summed E-state index contributed by atoms with van der Waals surface area (Å²) in [5.74, 6) is 0.118. The number of sulfonamides is 1. The van der Waals surface area contributed by atoms with Gasteiger partial charge < -0.3 is 9.63 Å². The molecule has 8 heteroatoms. The van der Waals surface area contributed by atoms with Crippen molar-refractivity contribution >= 4 is 21.1 Å². The third-order valence-corrected chi connectivity index (χ3v) is 5.89. The molecular weight excluding hydrogens is 294 g/mol. The third kappa shape index (κ3) is 2.33. The van der Waals surface area contributed by atoms with Crippen LogP contribution in [0.4, 0.5) is 0 Å². The molecule has 3 heterocycles. The molecule has 0 radical (unpaired) electrons. The molecule has 114 valence electrons. The van der Waals surface area contributed by atoms with Crippen LogP contribution in [0, 0.1) is 18.8 Å². The van der Waals surface area contributed by atoms with E-state index in [1.54, 1.807) is 13.0 Å². The quantitative estimate of drug-likeness (QED) is 0.900. The van der Waals surface area contributed by atoms with Gasteiger partial charge in [-0.2, -0.15) is 4.31 Å². The molecule has 0 saturated carbocycles. The first kappa shape index (κ1) is 14.4. The summed E-state index contributed by atoms with van der Waals surface area (Å²) in [6.45, 7) is 4.43. The van der Waals surface area contributed by atoms with E-state index in [4.69, 9.17) is 4.52 Å². The molecule has 0 aromatic carbocycles. The lowest BCUT2D eigenvalue weighted by Gasteiger charge is -2.15. The number of aliphatic hydroxyl groups excluding tert-OH is 1. The van der Waals surface area contributed by atoms with Gasteiger partial charge in [-0.15, -0.1) is 0 Å². The average Bonchev–Trinajstić information content (AvgIpc) is 3.02. The van der Waals surface area contributed by atoms with Crippen LogP contribution in [0.5, 0.6) is 0 Å². The Labute approximate surface area is 122 Å². The molecule has 1 saturated heterocycles. The Kier molecular flexibility index (Phi) is 3.46. The summed E-state index contributed by atoms with van der Waals surface area (Å²) in [6.07, 6.45) is 1.29. The summed E-state index contributed by atoms with van der Waals surface area (Å²) in [5.41, 5.74) is 0.937. The van der Waals surface area contributed by atoms with Crippen molar-refractivity contribution in [3.63, 3.8) is 0 Å². The molecule has 2 atom stereocenters. The summed E-state index contributed by atoms with van der Waals surface area (Å²) in [6, 6.07) is 1.54. The minimum absolute atomic E-state index is 0.00473. The van der Waals surface area contributed by atoms with Crippen LogP contribution in [0.15, 0.2) is 21.7 Å². The Morgan fingerprint density at radius 1 is 1.48 bits per heavy atom. The van der Waals surface area contributed by atoms with E-state index in [2.05, 4.69) is 10.1 Å². The number of rotatable bonds is 3. The Morgan fingerprint density at radius 2 is 2.24 bits per heavy atom. The lowest BCUT2D eigenvalue weighted by Crippen LogP contribution is -2.29. The first-order chi connectivity index (χ1) is 9.93. The highest BCUT2D eigenvalue weighted by molar-refractivity contribution is 7.89. The van der Waals surface area contributed by atoms with E-state index >= 15 is 0 Å². The van der Waals surface area contributed by atoms with Gasteiger partial charge in [-0.3, -0.25) is 0 Å². The SMILES string of the molecule is Cc1noc2ncc(S(=O)(=O)N3C[C@@H](CO)[C@H](C)C3)cc12. The van der Waals surface area contributed by atoms with E-state index in [0.717, 1.165) is 0 Å². The maximum Gasteiger partial charge on any atom is 0.257 e. The van der Waals surface area contributed by atoms with Gasteiger partial charge in [-0.1, -0.05) is 12.1 Å². The molecule has 7 nitrogen and oxygen atoms in total. The summed E-state index contributed by atoms with van der Waals surface area (Å²) >= 11 is 0. The molecule has 0 spiro atoms. The Morgan fingerprint density at radius 3 is 2.90 bits per heavy atom. The Balaban J connectivity index is 1.98. The van der Waals surface area contributed by atoms with Gasteiger partial charge in [0.1, 0.15) is 4.90 Å². The molecule has 0 aliphatic carbocycles. The van der Waals surface area contributed by atoms with Crippen molar-refractivity contribution < 1.29 is 18.0 Å². The second-order valence-electron chi connectivity index (χ2n) is 5.53. The van der Waals surface area contributed by atoms with Gasteiger partial charge in [-0.25, -0.2) is 13.4 Å². The minimum Gasteiger partial charge on any atom is -0.396 e. The van der Waals surface area contributed by atoms with Gasteiger partial charge in [0, 0.05) is 19.7 Å². The van der Waals surface area contributed by atoms with Gasteiger partial charge in [0.25, 0.3) is 5.71 Å². The van der Waals surface area contributed by atoms with Crippen molar-refractivity contribution in [2.75, 3.05) is 19.7 Å². The number of fused-ring (bicyclic) bond motifs is 1. The summed E-state index contributed by atoms with van der Waals surface area (Å²) in [4.78, 5) is 4.15. The lowest BCUT2D eigenvalue weighted by molar-refractivity contribution is 0.210. The molecule has 1 aliphatic heterocycles. The predicted molar refractivity (Wildman–Crippen MR) is 75.0 cm³/mol.